The van der Waals surface area contributed by atoms with Gasteiger partial charge in [-0.1, -0.05) is 59.3 Å². The molecule has 12 rings (SSSR count). The van der Waals surface area contributed by atoms with Crippen molar-refractivity contribution < 1.29 is 54.8 Å². The van der Waals surface area contributed by atoms with Crippen LogP contribution < -0.4 is 28.4 Å². The van der Waals surface area contributed by atoms with E-state index < -0.39 is 34.9 Å². The maximum absolute atomic E-state index is 14.4. The van der Waals surface area contributed by atoms with Gasteiger partial charge in [-0.2, -0.15) is 26.3 Å². The van der Waals surface area contributed by atoms with Crippen LogP contribution in [0.25, 0.3) is 0 Å². The summed E-state index contributed by atoms with van der Waals surface area (Å²) in [5.74, 6) is 4.37. The molecule has 9 aliphatic rings. The summed E-state index contributed by atoms with van der Waals surface area (Å²) in [7, 11) is 0. The van der Waals surface area contributed by atoms with Crippen molar-refractivity contribution in [3.8, 4) is 34.5 Å². The van der Waals surface area contributed by atoms with Crippen molar-refractivity contribution in [1.29, 1.82) is 0 Å². The predicted molar refractivity (Wildman–Crippen MR) is 321 cm³/mol. The Balaban J connectivity index is 0.000000140. The molecule has 3 heterocycles. The highest BCUT2D eigenvalue weighted by Crippen LogP contribution is 2.46. The van der Waals surface area contributed by atoms with E-state index in [1.54, 1.807) is 18.2 Å². The van der Waals surface area contributed by atoms with E-state index in [4.69, 9.17) is 28.4 Å². The van der Waals surface area contributed by atoms with Crippen molar-refractivity contribution in [2.24, 2.45) is 71.0 Å². The lowest BCUT2D eigenvalue weighted by atomic mass is 9.69. The quantitative estimate of drug-likeness (QED) is 0.169. The van der Waals surface area contributed by atoms with Gasteiger partial charge in [-0.15, -0.1) is 0 Å². The second-order valence-electron chi connectivity index (χ2n) is 28.7. The van der Waals surface area contributed by atoms with E-state index in [0.29, 0.717) is 56.8 Å². The highest BCUT2D eigenvalue weighted by molar-refractivity contribution is 5.46. The predicted octanol–water partition coefficient (Wildman–Crippen LogP) is 20.1. The summed E-state index contributed by atoms with van der Waals surface area (Å²) in [6.07, 6.45) is 35.5. The summed E-state index contributed by atoms with van der Waals surface area (Å²) in [5.41, 5.74) is 2.17. The third-order valence-electron chi connectivity index (χ3n) is 22.3. The molecule has 468 valence electrons. The number of halogens is 6. The molecule has 6 nitrogen and oxygen atoms in total. The van der Waals surface area contributed by atoms with E-state index in [2.05, 4.69) is 20.8 Å². The van der Waals surface area contributed by atoms with Crippen molar-refractivity contribution in [3.63, 3.8) is 0 Å². The van der Waals surface area contributed by atoms with Gasteiger partial charge in [0.2, 0.25) is 34.9 Å². The van der Waals surface area contributed by atoms with Gasteiger partial charge in [0.25, 0.3) is 0 Å². The summed E-state index contributed by atoms with van der Waals surface area (Å²) in [6.45, 7) is 14.2. The zero-order valence-electron chi connectivity index (χ0n) is 51.9. The Hall–Kier alpha value is -3.96. The number of rotatable bonds is 12. The molecule has 0 aromatic heterocycles. The first-order chi connectivity index (χ1) is 40.5. The molecular formula is C72H102F6O6. The van der Waals surface area contributed by atoms with Crippen LogP contribution >= 0.6 is 0 Å². The molecule has 6 fully saturated rings. The summed E-state index contributed by atoms with van der Waals surface area (Å²) >= 11 is 0. The Morgan fingerprint density at radius 3 is 0.738 bits per heavy atom. The number of hydrogen-bond acceptors (Lipinski definition) is 6. The molecule has 12 heteroatoms. The summed E-state index contributed by atoms with van der Waals surface area (Å²) < 4.78 is 120. The first-order valence-corrected chi connectivity index (χ1v) is 33.9. The smallest absolute Gasteiger partial charge is 0.204 e. The molecule has 3 atom stereocenters. The van der Waals surface area contributed by atoms with Crippen LogP contribution in [0.5, 0.6) is 34.5 Å². The lowest BCUT2D eigenvalue weighted by molar-refractivity contribution is 0.123. The number of benzene rings is 3. The van der Waals surface area contributed by atoms with Crippen molar-refractivity contribution in [3.05, 3.63) is 69.8 Å². The van der Waals surface area contributed by atoms with Gasteiger partial charge in [0.05, 0.1) is 38.1 Å². The van der Waals surface area contributed by atoms with E-state index >= 15 is 0 Å². The molecule has 3 aromatic rings. The minimum absolute atomic E-state index is 0.0535. The summed E-state index contributed by atoms with van der Waals surface area (Å²) in [5, 5.41) is 0. The lowest BCUT2D eigenvalue weighted by Crippen LogP contribution is -2.27. The second kappa shape index (κ2) is 29.4. The van der Waals surface area contributed by atoms with E-state index in [1.165, 1.54) is 116 Å². The summed E-state index contributed by atoms with van der Waals surface area (Å²) in [4.78, 5) is 0. The highest BCUT2D eigenvalue weighted by atomic mass is 19.2. The molecule has 6 aliphatic carbocycles. The van der Waals surface area contributed by atoms with E-state index in [0.717, 1.165) is 128 Å². The van der Waals surface area contributed by atoms with Crippen LogP contribution in [-0.4, -0.2) is 38.1 Å². The number of hydrogen-bond donors (Lipinski definition) is 0. The molecule has 0 radical (unpaired) electrons. The molecule has 0 amide bonds. The van der Waals surface area contributed by atoms with Crippen molar-refractivity contribution >= 4 is 0 Å². The van der Waals surface area contributed by atoms with E-state index in [-0.39, 0.29) is 52.8 Å². The van der Waals surface area contributed by atoms with Crippen LogP contribution in [0, 0.1) is 106 Å². The number of aryl methyl sites for hydroxylation is 3. The normalized spacial score (nSPS) is 33.1. The molecular weight excluding hydrogens is 1070 g/mol. The van der Waals surface area contributed by atoms with E-state index in [9.17, 15) is 26.3 Å². The van der Waals surface area contributed by atoms with Gasteiger partial charge in [-0.3, -0.25) is 0 Å². The lowest BCUT2D eigenvalue weighted by Gasteiger charge is -2.37. The van der Waals surface area contributed by atoms with Gasteiger partial charge < -0.3 is 28.4 Å². The minimum Gasteiger partial charge on any atom is -0.490 e. The van der Waals surface area contributed by atoms with Gasteiger partial charge in [-0.25, -0.2) is 0 Å². The standard InChI is InChI=1S/3C24H34F2O2/c3*1-15-3-8-18(9-4-15)19-11-6-17(7-12-19)14-27-21-13-20-10-5-16(2)28-24(20)23(26)22(21)25/h3*13,15-19H,3-12,14H2,1-2H3. The van der Waals surface area contributed by atoms with Crippen LogP contribution in [0.1, 0.15) is 232 Å². The van der Waals surface area contributed by atoms with Gasteiger partial charge in [0.1, 0.15) is 0 Å². The molecule has 3 aromatic carbocycles. The fraction of sp³-hybridized carbons (Fsp3) is 0.750. The third-order valence-corrected chi connectivity index (χ3v) is 22.3. The number of fused-ring (bicyclic) bond motifs is 3. The second-order valence-corrected chi connectivity index (χ2v) is 28.7. The fourth-order valence-corrected chi connectivity index (χ4v) is 16.4. The molecule has 3 unspecified atom stereocenters. The highest BCUT2D eigenvalue weighted by Gasteiger charge is 2.36. The Bertz CT molecular complexity index is 2300. The van der Waals surface area contributed by atoms with Gasteiger partial charge >= 0.3 is 0 Å². The zero-order valence-corrected chi connectivity index (χ0v) is 51.9. The van der Waals surface area contributed by atoms with Gasteiger partial charge in [-0.05, 0) is 264 Å². The average molecular weight is 1180 g/mol. The Morgan fingerprint density at radius 2 is 0.512 bits per heavy atom. The fourth-order valence-electron chi connectivity index (χ4n) is 16.4. The topological polar surface area (TPSA) is 55.4 Å². The molecule has 0 bridgehead atoms. The molecule has 84 heavy (non-hydrogen) atoms. The Kier molecular flexibility index (Phi) is 22.0. The number of ether oxygens (including phenoxy) is 6. The van der Waals surface area contributed by atoms with Crippen molar-refractivity contribution in [2.75, 3.05) is 19.8 Å². The van der Waals surface area contributed by atoms with Crippen LogP contribution in [0.3, 0.4) is 0 Å². The van der Waals surface area contributed by atoms with Crippen LogP contribution in [0.4, 0.5) is 26.3 Å². The van der Waals surface area contributed by atoms with E-state index in [1.807, 2.05) is 20.8 Å². The molecule has 6 saturated carbocycles. The van der Waals surface area contributed by atoms with Gasteiger partial charge in [0.15, 0.2) is 34.5 Å². The largest absolute Gasteiger partial charge is 0.490 e. The van der Waals surface area contributed by atoms with Gasteiger partial charge in [0, 0.05) is 16.7 Å². The van der Waals surface area contributed by atoms with Crippen LogP contribution in [0.15, 0.2) is 18.2 Å². The first kappa shape index (κ1) is 63.1. The minimum atomic E-state index is -0.905. The molecule has 0 spiro atoms. The van der Waals surface area contributed by atoms with Crippen LogP contribution in [0.2, 0.25) is 0 Å². The Morgan fingerprint density at radius 1 is 0.298 bits per heavy atom. The van der Waals surface area contributed by atoms with Crippen molar-refractivity contribution in [2.45, 2.75) is 252 Å². The molecule has 0 N–H and O–H groups in total. The maximum Gasteiger partial charge on any atom is 0.204 e. The average Bonchev–Trinajstić information content (AvgIpc) is 3.61. The third kappa shape index (κ3) is 16.0. The first-order valence-electron chi connectivity index (χ1n) is 33.9. The monoisotopic (exact) mass is 1180 g/mol. The molecule has 3 aliphatic heterocycles. The Labute approximate surface area is 500 Å². The molecule has 0 saturated heterocycles. The maximum atomic E-state index is 14.4. The zero-order chi connectivity index (χ0) is 59.0. The van der Waals surface area contributed by atoms with Crippen molar-refractivity contribution in [1.82, 2.24) is 0 Å². The summed E-state index contributed by atoms with van der Waals surface area (Å²) in [6, 6.07) is 4.94. The van der Waals surface area contributed by atoms with Crippen LogP contribution in [-0.2, 0) is 19.3 Å². The SMILES string of the molecule is CC1CCC(C2CCC(COc3cc4c(c(F)c3F)OC(C)CC4)CC2)CC1.CC1CCC(C2CCC(COc3cc4c(c(F)c3F)OC(C)CC4)CC2)CC1.CC1CCC(C2CCC(COc3cc4c(c(F)c3F)OC(C)CC4)CC2)CC1.